The maximum absolute atomic E-state index is 5.06. The van der Waals surface area contributed by atoms with E-state index in [0.717, 1.165) is 22.1 Å². The number of hydrogen-bond acceptors (Lipinski definition) is 4. The highest BCUT2D eigenvalue weighted by Gasteiger charge is 2.38. The summed E-state index contributed by atoms with van der Waals surface area (Å²) in [5, 5.41) is 13.3. The Kier molecular flexibility index (Phi) is 58.2. The Labute approximate surface area is 859 Å². The Hall–Kier alpha value is 2.44. The van der Waals surface area contributed by atoms with Crippen molar-refractivity contribution in [2.45, 2.75) is 415 Å². The second-order valence-corrected chi connectivity index (χ2v) is 103. The number of rotatable bonds is 18. The fourth-order valence-electron chi connectivity index (χ4n) is 11.1. The highest BCUT2D eigenvalue weighted by atomic mass is 31.2. The summed E-state index contributed by atoms with van der Waals surface area (Å²) in [6, 6.07) is 34.8. The number of benzene rings is 4. The topological polar surface area (TPSA) is 51.6 Å². The molecule has 2 unspecified atom stereocenters. The Morgan fingerprint density at radius 2 is 0.261 bits per heavy atom. The molecule has 0 radical (unpaired) electrons. The van der Waals surface area contributed by atoms with Crippen LogP contribution in [0.15, 0.2) is 97.1 Å². The zero-order valence-corrected chi connectivity index (χ0v) is 115. The summed E-state index contributed by atoms with van der Waals surface area (Å²) in [5.74, 6) is 2.94. The van der Waals surface area contributed by atoms with E-state index in [2.05, 4.69) is 512 Å². The summed E-state index contributed by atoms with van der Waals surface area (Å²) < 4.78 is 0. The van der Waals surface area contributed by atoms with Gasteiger partial charge in [0.1, 0.15) is 0 Å². The van der Waals surface area contributed by atoms with Crippen LogP contribution in [-0.2, 0) is 0 Å². The second kappa shape index (κ2) is 56.3. The van der Waals surface area contributed by atoms with Crippen LogP contribution >= 0.6 is 127 Å². The molecule has 0 aliphatic rings. The minimum Gasteiger partial charge on any atom is -0.244 e. The number of para-hydroxylation sites is 4. The molecule has 2 heterocycles. The third-order valence-electron chi connectivity index (χ3n) is 27.1. The molecule has 16 atom stereocenters. The van der Waals surface area contributed by atoms with Crippen LogP contribution in [0.4, 0.5) is 0 Å². The van der Waals surface area contributed by atoms with Gasteiger partial charge in [-0.05, 0) is 271 Å². The Morgan fingerprint density at radius 1 is 0.149 bits per heavy atom. The summed E-state index contributed by atoms with van der Waals surface area (Å²) in [6.07, 6.45) is 5.83. The van der Waals surface area contributed by atoms with Crippen molar-refractivity contribution in [3.8, 4) is 0 Å². The van der Waals surface area contributed by atoms with Gasteiger partial charge in [0, 0.05) is 0 Å². The molecular formula is C114H220N4P16. The van der Waals surface area contributed by atoms with Crippen LogP contribution in [0, 0.1) is 0 Å². The predicted octanol–water partition coefficient (Wildman–Crippen LogP) is 38.1. The first-order chi connectivity index (χ1) is 59.3. The van der Waals surface area contributed by atoms with E-state index >= 15 is 0 Å². The molecule has 2 aromatic heterocycles. The standard InChI is InChI=1S/2C18H28N2P2.2C16H28P2.2C12H28P2.2C11H26P2/c2*1-17(2,3)21(7)15-16(22(8)18(4,5)6)20-14-12-10-9-11-13(14)19-15;2*1-15(2,3)17(7)13-11-9-10-12-14(13)18(8)16(4,5)6;2*1-11(2,3)13(7)9-10-14(8)12(4,5)6;2*1-10(2,3)12(7)9-13(8)11(4,5)6/h2*9-12H,1-8H3;2*9-12H,1-8H3;2*9-10H2,1-8H3;2*9H2,1-8H3/t2*21-,22-;2*17-,18-;2*13-,14-;2*12-,13?/m10101010/s1. The van der Waals surface area contributed by atoms with E-state index in [-0.39, 0.29) is 147 Å². The lowest BCUT2D eigenvalue weighted by molar-refractivity contribution is 0.777. The Bertz CT molecular complexity index is 3780. The van der Waals surface area contributed by atoms with Gasteiger partial charge in [-0.2, -0.15) is 0 Å². The highest BCUT2D eigenvalue weighted by Crippen LogP contribution is 2.63. The maximum atomic E-state index is 5.06. The van der Waals surface area contributed by atoms with Crippen LogP contribution in [0.1, 0.15) is 332 Å². The summed E-state index contributed by atoms with van der Waals surface area (Å²) >= 11 is 0. The lowest BCUT2D eigenvalue weighted by Gasteiger charge is -2.35. The zero-order chi connectivity index (χ0) is 107. The van der Waals surface area contributed by atoms with E-state index in [9.17, 15) is 0 Å². The van der Waals surface area contributed by atoms with Gasteiger partial charge in [-0.3, -0.25) is 0 Å². The molecule has 4 nitrogen and oxygen atoms in total. The molecule has 6 aromatic rings. The van der Waals surface area contributed by atoms with Gasteiger partial charge in [0.25, 0.3) is 0 Å². The van der Waals surface area contributed by atoms with Crippen LogP contribution in [0.2, 0.25) is 0 Å². The van der Waals surface area contributed by atoms with Crippen LogP contribution in [-0.4, -0.2) is 246 Å². The Balaban J connectivity index is 0. The van der Waals surface area contributed by atoms with Crippen molar-refractivity contribution in [1.29, 1.82) is 0 Å². The van der Waals surface area contributed by atoms with E-state index < -0.39 is 0 Å². The molecule has 0 N–H and O–H groups in total. The highest BCUT2D eigenvalue weighted by molar-refractivity contribution is 7.77. The summed E-state index contributed by atoms with van der Waals surface area (Å²) in [7, 11) is -0.121. The normalized spacial score (nSPS) is 17.0. The van der Waals surface area contributed by atoms with Crippen molar-refractivity contribution in [2.24, 2.45) is 0 Å². The first kappa shape index (κ1) is 138. The first-order valence-electron chi connectivity index (χ1n) is 49.7. The van der Waals surface area contributed by atoms with Crippen LogP contribution in [0.5, 0.6) is 0 Å². The molecule has 0 spiro atoms. The van der Waals surface area contributed by atoms with Gasteiger partial charge in [0.05, 0.1) is 43.8 Å². The lowest BCUT2D eigenvalue weighted by atomic mass is 10.3. The van der Waals surface area contributed by atoms with Crippen molar-refractivity contribution in [2.75, 3.05) is 143 Å². The molecule has 0 bridgehead atoms. The van der Waals surface area contributed by atoms with E-state index in [4.69, 9.17) is 19.9 Å². The van der Waals surface area contributed by atoms with Gasteiger partial charge in [0.2, 0.25) is 0 Å². The number of aromatic nitrogens is 4. The fourth-order valence-corrected chi connectivity index (χ4v) is 44.8. The van der Waals surface area contributed by atoms with Crippen molar-refractivity contribution < 1.29 is 0 Å². The molecule has 0 saturated heterocycles. The van der Waals surface area contributed by atoms with Gasteiger partial charge >= 0.3 is 0 Å². The quantitative estimate of drug-likeness (QED) is 0.0805. The summed E-state index contributed by atoms with van der Waals surface area (Å²) in [5.41, 5.74) is 9.12. The fraction of sp³-hybridized carbons (Fsp3) is 0.754. The largest absolute Gasteiger partial charge is 0.244 e. The number of nitrogens with zero attached hydrogens (tertiary/aromatic N) is 4. The molecule has 0 aliphatic heterocycles. The maximum Gasteiger partial charge on any atom is 0.0899 e. The average Bonchev–Trinajstić information content (AvgIpc) is 0.774. The van der Waals surface area contributed by atoms with Gasteiger partial charge in [-0.25, -0.2) is 19.9 Å². The molecule has 134 heavy (non-hydrogen) atoms. The van der Waals surface area contributed by atoms with Crippen molar-refractivity contribution in [1.82, 2.24) is 19.9 Å². The molecular weight excluding hydrogens is 1920 g/mol. The predicted molar refractivity (Wildman–Crippen MR) is 680 cm³/mol. The third kappa shape index (κ3) is 51.1. The van der Waals surface area contributed by atoms with Crippen LogP contribution in [0.25, 0.3) is 22.1 Å². The Morgan fingerprint density at radius 3 is 0.366 bits per heavy atom. The monoisotopic (exact) mass is 2140 g/mol. The molecule has 0 saturated carbocycles. The minimum atomic E-state index is -0.348. The number of fused-ring (bicyclic) bond motifs is 2. The summed E-state index contributed by atoms with van der Waals surface area (Å²) in [6.45, 7) is 152. The smallest absolute Gasteiger partial charge is 0.0899 e. The third-order valence-corrected chi connectivity index (χ3v) is 81.6. The molecule has 776 valence electrons. The second-order valence-electron chi connectivity index (χ2n) is 53.7. The van der Waals surface area contributed by atoms with Gasteiger partial charge in [0.15, 0.2) is 0 Å². The SMILES string of the molecule is CP(C[P@@](C)C(C)(C)C)C(C)(C)C.CP(C[P@](C)C(C)(C)C)C(C)(C)C.C[P@@](CC[P@](C)C(C)(C)C)C(C)(C)C.C[P@@](c1ccccc1[P@](C)C(C)(C)C)C(C)(C)C.C[P@@](c1nc2ccccc2nc1[P@](C)C(C)(C)C)C(C)(C)C.C[P@](CC[P@@](C)C(C)(C)C)C(C)(C)C.C[P@](c1ccccc1[P@@](C)C(C)(C)C)C(C)(C)C.C[P@](c1nc2ccccc2nc1[P@@](C)C(C)(C)C)C(C)(C)C. The first-order valence-corrected chi connectivity index (χ1v) is 79.8. The summed E-state index contributed by atoms with van der Waals surface area (Å²) in [4.78, 5) is 20.2. The van der Waals surface area contributed by atoms with E-state index in [1.54, 1.807) is 21.2 Å². The molecule has 0 fully saturated rings. The van der Waals surface area contributed by atoms with Crippen LogP contribution < -0.4 is 43.0 Å². The van der Waals surface area contributed by atoms with Crippen LogP contribution in [0.3, 0.4) is 0 Å². The van der Waals surface area contributed by atoms with Gasteiger partial charge < -0.3 is 0 Å². The zero-order valence-electron chi connectivity index (χ0n) is 100. The van der Waals surface area contributed by atoms with Gasteiger partial charge in [-0.1, -0.05) is 500 Å². The van der Waals surface area contributed by atoms with E-state index in [1.165, 1.54) is 58.2 Å². The molecule has 0 amide bonds. The van der Waals surface area contributed by atoms with Crippen molar-refractivity contribution in [3.05, 3.63) is 97.1 Å². The van der Waals surface area contributed by atoms with Crippen molar-refractivity contribution in [3.63, 3.8) is 0 Å². The molecule has 6 rings (SSSR count). The molecule has 0 aliphatic carbocycles. The van der Waals surface area contributed by atoms with Gasteiger partial charge in [-0.15, -0.1) is 31.7 Å². The minimum absolute atomic E-state index is 0.101. The molecule has 20 heteroatoms. The number of hydrogen-bond donors (Lipinski definition) is 0. The average molecular weight is 2140 g/mol. The molecule has 4 aromatic carbocycles. The van der Waals surface area contributed by atoms with E-state index in [0.29, 0.717) is 61.9 Å². The van der Waals surface area contributed by atoms with Crippen molar-refractivity contribution >= 4 is 192 Å². The lowest BCUT2D eigenvalue weighted by Crippen LogP contribution is -2.36. The van der Waals surface area contributed by atoms with E-state index in [1.807, 2.05) is 24.3 Å².